The maximum atomic E-state index is 10.4. The van der Waals surface area contributed by atoms with Gasteiger partial charge in [0.05, 0.1) is 0 Å². The smallest absolute Gasteiger partial charge is 0.258 e. The molecule has 0 atom stereocenters. The van der Waals surface area contributed by atoms with Crippen molar-refractivity contribution in [1.82, 2.24) is 15.2 Å². The quantitative estimate of drug-likeness (QED) is 0.376. The first-order valence-electron chi connectivity index (χ1n) is 4.22. The molecule has 0 aliphatic rings. The van der Waals surface area contributed by atoms with Crippen molar-refractivity contribution in [2.45, 2.75) is 12.3 Å². The molecule has 0 bridgehead atoms. The topological polar surface area (TPSA) is 214 Å². The summed E-state index contributed by atoms with van der Waals surface area (Å²) in [7, 11) is 0. The van der Waals surface area contributed by atoms with E-state index < -0.39 is 43.7 Å². The molecule has 102 valence electrons. The predicted molar refractivity (Wildman–Crippen MR) is 49.8 cm³/mol. The Hall–Kier alpha value is -3.26. The average molecular weight is 277 g/mol. The summed E-state index contributed by atoms with van der Waals surface area (Å²) in [6.07, 6.45) is -5.11. The summed E-state index contributed by atoms with van der Waals surface area (Å²) >= 11 is 0. The Morgan fingerprint density at radius 2 is 1.26 bits per heavy atom. The van der Waals surface area contributed by atoms with E-state index in [9.17, 15) is 40.5 Å². The van der Waals surface area contributed by atoms with Gasteiger partial charge in [0.15, 0.2) is 0 Å². The number of nitro groups is 4. The number of nitrogens with one attached hydrogen (secondary N) is 1. The highest BCUT2D eigenvalue weighted by atomic mass is 16.7. The van der Waals surface area contributed by atoms with Crippen LogP contribution in [0.15, 0.2) is 0 Å². The Morgan fingerprint density at radius 3 is 1.63 bits per heavy atom. The van der Waals surface area contributed by atoms with Crippen LogP contribution in [0, 0.1) is 40.5 Å². The maximum absolute atomic E-state index is 10.4. The number of rotatable bonds is 6. The number of nitrogens with zero attached hydrogens (tertiary/aromatic N) is 6. The molecule has 0 aromatic carbocycles. The van der Waals surface area contributed by atoms with Crippen molar-refractivity contribution in [3.63, 3.8) is 0 Å². The molecule has 1 heterocycles. The Labute approximate surface area is 100 Å². The van der Waals surface area contributed by atoms with Crippen LogP contribution in [0.2, 0.25) is 0 Å². The highest BCUT2D eigenvalue weighted by Crippen LogP contribution is 2.17. The second-order valence-electron chi connectivity index (χ2n) is 2.97. The molecule has 0 saturated carbocycles. The van der Waals surface area contributed by atoms with Crippen molar-refractivity contribution >= 4 is 0 Å². The standard InChI is InChI=1S/C4H3N7O8/c12-8(13)3(9(14)15)1-5-2(7-6-1)4(10(16)17)11(18)19/h3-4H,(H,5,6,7). The number of aromatic amines is 1. The van der Waals surface area contributed by atoms with Gasteiger partial charge < -0.3 is 0 Å². The summed E-state index contributed by atoms with van der Waals surface area (Å²) < 4.78 is 0. The number of hydrogen-bond acceptors (Lipinski definition) is 10. The Bertz CT molecular complexity index is 477. The molecule has 19 heavy (non-hydrogen) atoms. The minimum Gasteiger partial charge on any atom is -0.258 e. The lowest BCUT2D eigenvalue weighted by Gasteiger charge is -1.97. The van der Waals surface area contributed by atoms with Crippen molar-refractivity contribution in [2.75, 3.05) is 0 Å². The molecule has 0 aliphatic carbocycles. The summed E-state index contributed by atoms with van der Waals surface area (Å²) in [6.45, 7) is 0. The highest BCUT2D eigenvalue weighted by Gasteiger charge is 2.44. The predicted octanol–water partition coefficient (Wildman–Crippen LogP) is -1.09. The van der Waals surface area contributed by atoms with Crippen LogP contribution < -0.4 is 0 Å². The fraction of sp³-hybridized carbons (Fsp3) is 0.500. The number of aromatic nitrogens is 3. The molecule has 1 N–H and O–H groups in total. The van der Waals surface area contributed by atoms with Gasteiger partial charge in [-0.1, -0.05) is 0 Å². The van der Waals surface area contributed by atoms with Crippen LogP contribution in [0.1, 0.15) is 24.0 Å². The minimum absolute atomic E-state index is 0.946. The van der Waals surface area contributed by atoms with Gasteiger partial charge >= 0.3 is 18.2 Å². The Morgan fingerprint density at radius 1 is 0.842 bits per heavy atom. The van der Waals surface area contributed by atoms with Crippen LogP contribution in [0.4, 0.5) is 0 Å². The molecule has 1 aromatic rings. The first kappa shape index (κ1) is 13.8. The normalized spacial score (nSPS) is 10.6. The first-order valence-corrected chi connectivity index (χ1v) is 4.22. The van der Waals surface area contributed by atoms with Crippen LogP contribution >= 0.6 is 0 Å². The molecule has 1 aromatic heterocycles. The Kier molecular flexibility index (Phi) is 3.59. The van der Waals surface area contributed by atoms with Crippen molar-refractivity contribution in [3.8, 4) is 0 Å². The van der Waals surface area contributed by atoms with E-state index in [1.165, 1.54) is 0 Å². The van der Waals surface area contributed by atoms with E-state index in [-0.39, 0.29) is 0 Å². The second-order valence-corrected chi connectivity index (χ2v) is 2.97. The zero-order valence-corrected chi connectivity index (χ0v) is 8.60. The molecular weight excluding hydrogens is 274 g/mol. The molecule has 0 aliphatic heterocycles. The lowest BCUT2D eigenvalue weighted by molar-refractivity contribution is -0.755. The van der Waals surface area contributed by atoms with Crippen LogP contribution in [0.5, 0.6) is 0 Å². The van der Waals surface area contributed by atoms with Gasteiger partial charge in [0.2, 0.25) is 0 Å². The zero-order chi connectivity index (χ0) is 14.7. The second kappa shape index (κ2) is 4.94. The van der Waals surface area contributed by atoms with Gasteiger partial charge in [-0.2, -0.15) is 4.98 Å². The third-order valence-electron chi connectivity index (χ3n) is 1.79. The van der Waals surface area contributed by atoms with Crippen molar-refractivity contribution < 1.29 is 19.7 Å². The fourth-order valence-electron chi connectivity index (χ4n) is 1.06. The third kappa shape index (κ3) is 2.70. The minimum atomic E-state index is -2.57. The molecule has 0 radical (unpaired) electrons. The molecule has 15 heteroatoms. The summed E-state index contributed by atoms with van der Waals surface area (Å²) in [6, 6.07) is 0. The van der Waals surface area contributed by atoms with E-state index >= 15 is 0 Å². The van der Waals surface area contributed by atoms with Crippen molar-refractivity contribution in [3.05, 3.63) is 52.1 Å². The van der Waals surface area contributed by atoms with Gasteiger partial charge in [0.1, 0.15) is 19.7 Å². The average Bonchev–Trinajstić information content (AvgIpc) is 2.64. The first-order chi connectivity index (χ1) is 8.75. The van der Waals surface area contributed by atoms with E-state index in [1.54, 1.807) is 5.10 Å². The summed E-state index contributed by atoms with van der Waals surface area (Å²) in [5, 5.41) is 46.3. The Balaban J connectivity index is 3.18. The lowest BCUT2D eigenvalue weighted by Crippen LogP contribution is -2.22. The van der Waals surface area contributed by atoms with Gasteiger partial charge in [0, 0.05) is 0 Å². The van der Waals surface area contributed by atoms with Gasteiger partial charge in [-0.05, 0) is 0 Å². The van der Waals surface area contributed by atoms with Crippen LogP contribution in [-0.2, 0) is 0 Å². The molecule has 0 spiro atoms. The largest absolute Gasteiger partial charge is 0.511 e. The monoisotopic (exact) mass is 277 g/mol. The van der Waals surface area contributed by atoms with E-state index in [0.29, 0.717) is 0 Å². The van der Waals surface area contributed by atoms with E-state index in [1.807, 2.05) is 0 Å². The molecule has 0 fully saturated rings. The summed E-state index contributed by atoms with van der Waals surface area (Å²) in [4.78, 5) is 39.3. The molecule has 1 rings (SSSR count). The molecule has 15 nitrogen and oxygen atoms in total. The van der Waals surface area contributed by atoms with Gasteiger partial charge in [0.25, 0.3) is 5.82 Å². The van der Waals surface area contributed by atoms with E-state index in [0.717, 1.165) is 0 Å². The van der Waals surface area contributed by atoms with Gasteiger partial charge in [-0.15, -0.1) is 5.10 Å². The van der Waals surface area contributed by atoms with Crippen LogP contribution in [0.25, 0.3) is 0 Å². The summed E-state index contributed by atoms with van der Waals surface area (Å²) in [5.74, 6) is -1.96. The van der Waals surface area contributed by atoms with E-state index in [2.05, 4.69) is 10.1 Å². The lowest BCUT2D eigenvalue weighted by atomic mass is 10.4. The molecule has 0 amide bonds. The van der Waals surface area contributed by atoms with Gasteiger partial charge in [-0.25, -0.2) is 0 Å². The van der Waals surface area contributed by atoms with Crippen LogP contribution in [-0.4, -0.2) is 34.9 Å². The van der Waals surface area contributed by atoms with Crippen molar-refractivity contribution in [2.24, 2.45) is 0 Å². The summed E-state index contributed by atoms with van der Waals surface area (Å²) in [5.41, 5.74) is 0. The third-order valence-corrected chi connectivity index (χ3v) is 1.79. The van der Waals surface area contributed by atoms with E-state index in [4.69, 9.17) is 0 Å². The van der Waals surface area contributed by atoms with Crippen LogP contribution in [0.3, 0.4) is 0 Å². The number of H-pyrrole nitrogens is 1. The highest BCUT2D eigenvalue weighted by molar-refractivity contribution is 4.92. The zero-order valence-electron chi connectivity index (χ0n) is 8.60. The SMILES string of the molecule is O=[N+]([O-])C(c1n[nH]c(C([N+](=O)[O-])[N+](=O)[O-])n1)[N+](=O)[O-]. The molecular formula is C4H3N7O8. The number of hydrogen-bond donors (Lipinski definition) is 1. The van der Waals surface area contributed by atoms with Gasteiger partial charge in [-0.3, -0.25) is 45.6 Å². The fourth-order valence-corrected chi connectivity index (χ4v) is 1.06. The molecule has 0 saturated heterocycles. The molecule has 0 unspecified atom stereocenters. The van der Waals surface area contributed by atoms with Crippen molar-refractivity contribution in [1.29, 1.82) is 0 Å². The maximum Gasteiger partial charge on any atom is 0.511 e.